The molecular formula is C25H42N4O5. The van der Waals surface area contributed by atoms with Gasteiger partial charge in [-0.1, -0.05) is 26.7 Å². The second-order valence-corrected chi connectivity index (χ2v) is 10.4. The van der Waals surface area contributed by atoms with Crippen LogP contribution in [0.15, 0.2) is 6.20 Å². The minimum atomic E-state index is -0.640. The number of carbonyl (C=O) groups excluding carboxylic acids is 2. The Balaban J connectivity index is 1.85. The molecule has 0 unspecified atom stereocenters. The van der Waals surface area contributed by atoms with E-state index in [9.17, 15) is 9.59 Å². The van der Waals surface area contributed by atoms with Crippen molar-refractivity contribution in [2.45, 2.75) is 117 Å². The van der Waals surface area contributed by atoms with Gasteiger partial charge in [0, 0.05) is 13.2 Å². The van der Waals surface area contributed by atoms with Crippen molar-refractivity contribution in [2.24, 2.45) is 0 Å². The largest absolute Gasteiger partial charge is 0.444 e. The minimum Gasteiger partial charge on any atom is -0.444 e. The van der Waals surface area contributed by atoms with Gasteiger partial charge < -0.3 is 19.1 Å². The highest BCUT2D eigenvalue weighted by Gasteiger charge is 2.49. The second-order valence-electron chi connectivity index (χ2n) is 10.4. The molecule has 0 aromatic carbocycles. The summed E-state index contributed by atoms with van der Waals surface area (Å²) < 4.78 is 19.7. The number of fused-ring (bicyclic) bond motifs is 1. The fraction of sp³-hybridized carbons (Fsp3) is 0.800. The standard InChI is InChI=1S/C25H42N4O5/c1-8-10-12-32-21-18(4)29(23(30)22(21)33-13-11-9-2)19-14-26-28-15-17(3)27(16-20(19)28)24(31)34-25(5,6)7/h14,17-18,21-22H,8-13,15-16H2,1-7H3/t17-,18+,21+,22-/m0/s1. The Morgan fingerprint density at radius 2 is 1.76 bits per heavy atom. The first kappa shape index (κ1) is 26.5. The number of unbranched alkanes of at least 4 members (excludes halogenated alkanes) is 2. The van der Waals surface area contributed by atoms with Crippen LogP contribution >= 0.6 is 0 Å². The molecule has 0 saturated carbocycles. The Morgan fingerprint density at radius 1 is 1.12 bits per heavy atom. The molecule has 1 aromatic heterocycles. The summed E-state index contributed by atoms with van der Waals surface area (Å²) in [6.45, 7) is 15.7. The zero-order valence-corrected chi connectivity index (χ0v) is 21.9. The summed E-state index contributed by atoms with van der Waals surface area (Å²) in [5.41, 5.74) is 0.956. The quantitative estimate of drug-likeness (QED) is 0.496. The van der Waals surface area contributed by atoms with Crippen molar-refractivity contribution in [1.82, 2.24) is 14.7 Å². The molecule has 0 bridgehead atoms. The van der Waals surface area contributed by atoms with Crippen molar-refractivity contribution < 1.29 is 23.8 Å². The number of amides is 2. The van der Waals surface area contributed by atoms with Gasteiger partial charge in [0.2, 0.25) is 0 Å². The number of hydrogen-bond acceptors (Lipinski definition) is 6. The normalized spacial score (nSPS) is 25.1. The maximum Gasteiger partial charge on any atom is 0.410 e. The summed E-state index contributed by atoms with van der Waals surface area (Å²) >= 11 is 0. The van der Waals surface area contributed by atoms with Gasteiger partial charge >= 0.3 is 6.09 Å². The molecule has 3 rings (SSSR count). The average Bonchev–Trinajstić information content (AvgIpc) is 3.24. The van der Waals surface area contributed by atoms with E-state index in [0.717, 1.165) is 31.4 Å². The first-order valence-corrected chi connectivity index (χ1v) is 12.7. The van der Waals surface area contributed by atoms with Gasteiger partial charge in [0.05, 0.1) is 42.8 Å². The molecule has 4 atom stereocenters. The maximum atomic E-state index is 13.6. The van der Waals surface area contributed by atoms with E-state index in [0.29, 0.717) is 32.0 Å². The molecule has 2 amide bonds. The van der Waals surface area contributed by atoms with Crippen molar-refractivity contribution in [2.75, 3.05) is 18.1 Å². The van der Waals surface area contributed by atoms with E-state index in [1.54, 1.807) is 16.0 Å². The van der Waals surface area contributed by atoms with Crippen molar-refractivity contribution in [1.29, 1.82) is 0 Å². The van der Waals surface area contributed by atoms with Crippen LogP contribution in [0.2, 0.25) is 0 Å². The zero-order chi connectivity index (χ0) is 25.0. The Bertz CT molecular complexity index is 849. The fourth-order valence-corrected chi connectivity index (χ4v) is 4.48. The molecule has 1 fully saturated rings. The number of hydrogen-bond donors (Lipinski definition) is 0. The summed E-state index contributed by atoms with van der Waals surface area (Å²) in [5, 5.41) is 4.55. The Kier molecular flexibility index (Phi) is 8.62. The molecular weight excluding hydrogens is 436 g/mol. The van der Waals surface area contributed by atoms with Gasteiger partial charge in [0.15, 0.2) is 6.10 Å². The molecule has 3 heterocycles. The van der Waals surface area contributed by atoms with Gasteiger partial charge in [-0.2, -0.15) is 5.10 Å². The lowest BCUT2D eigenvalue weighted by molar-refractivity contribution is -0.134. The SMILES string of the molecule is CCCCO[C@H]1[C@H](OCCCC)C(=O)N(c2cnn3c2CN(C(=O)OC(C)(C)C)[C@@H](C)C3)[C@@H]1C. The number of rotatable bonds is 9. The highest BCUT2D eigenvalue weighted by Crippen LogP contribution is 2.35. The van der Waals surface area contributed by atoms with Crippen molar-refractivity contribution in [3.05, 3.63) is 11.9 Å². The van der Waals surface area contributed by atoms with Crippen LogP contribution in [0.4, 0.5) is 10.5 Å². The molecule has 2 aliphatic heterocycles. The third kappa shape index (κ3) is 5.74. The smallest absolute Gasteiger partial charge is 0.410 e. The van der Waals surface area contributed by atoms with Crippen molar-refractivity contribution >= 4 is 17.7 Å². The highest BCUT2D eigenvalue weighted by molar-refractivity contribution is 6.01. The number of anilines is 1. The van der Waals surface area contributed by atoms with Gasteiger partial charge in [0.25, 0.3) is 5.91 Å². The highest BCUT2D eigenvalue weighted by atomic mass is 16.6. The molecule has 1 saturated heterocycles. The van der Waals surface area contributed by atoms with Crippen LogP contribution < -0.4 is 4.90 Å². The summed E-state index contributed by atoms with van der Waals surface area (Å²) in [7, 11) is 0. The molecule has 1 aromatic rings. The summed E-state index contributed by atoms with van der Waals surface area (Å²) in [4.78, 5) is 29.9. The van der Waals surface area contributed by atoms with Crippen molar-refractivity contribution in [3.63, 3.8) is 0 Å². The van der Waals surface area contributed by atoms with Crippen LogP contribution in [0.3, 0.4) is 0 Å². The molecule has 0 spiro atoms. The summed E-state index contributed by atoms with van der Waals surface area (Å²) in [6.07, 6.45) is 4.23. The van der Waals surface area contributed by atoms with Gasteiger partial charge in [-0.15, -0.1) is 0 Å². The van der Waals surface area contributed by atoms with Crippen molar-refractivity contribution in [3.8, 4) is 0 Å². The molecule has 9 nitrogen and oxygen atoms in total. The van der Waals surface area contributed by atoms with Crippen LogP contribution in [-0.2, 0) is 32.1 Å². The molecule has 34 heavy (non-hydrogen) atoms. The first-order chi connectivity index (χ1) is 16.1. The van der Waals surface area contributed by atoms with Crippen LogP contribution in [0.25, 0.3) is 0 Å². The van der Waals surface area contributed by atoms with Gasteiger partial charge in [-0.25, -0.2) is 4.79 Å². The van der Waals surface area contributed by atoms with E-state index in [4.69, 9.17) is 14.2 Å². The number of nitrogens with zero attached hydrogens (tertiary/aromatic N) is 4. The third-order valence-corrected chi connectivity index (χ3v) is 6.37. The van der Waals surface area contributed by atoms with Crippen LogP contribution in [-0.4, -0.2) is 69.8 Å². The predicted molar refractivity (Wildman–Crippen MR) is 130 cm³/mol. The van der Waals surface area contributed by atoms with E-state index < -0.39 is 11.7 Å². The van der Waals surface area contributed by atoms with E-state index in [-0.39, 0.29) is 30.2 Å². The zero-order valence-electron chi connectivity index (χ0n) is 21.9. The number of ether oxygens (including phenoxy) is 3. The lowest BCUT2D eigenvalue weighted by Crippen LogP contribution is -2.47. The van der Waals surface area contributed by atoms with E-state index in [2.05, 4.69) is 18.9 Å². The molecule has 192 valence electrons. The molecule has 0 aliphatic carbocycles. The Hall–Kier alpha value is -2.13. The molecule has 0 N–H and O–H groups in total. The molecule has 0 radical (unpaired) electrons. The first-order valence-electron chi connectivity index (χ1n) is 12.7. The van der Waals surface area contributed by atoms with E-state index in [1.807, 2.05) is 39.3 Å². The number of aromatic nitrogens is 2. The lowest BCUT2D eigenvalue weighted by atomic mass is 10.1. The Labute approximate surface area is 203 Å². The fourth-order valence-electron chi connectivity index (χ4n) is 4.48. The third-order valence-electron chi connectivity index (χ3n) is 6.37. The van der Waals surface area contributed by atoms with E-state index in [1.165, 1.54) is 0 Å². The monoisotopic (exact) mass is 478 g/mol. The van der Waals surface area contributed by atoms with Crippen LogP contribution in [0.1, 0.15) is 79.8 Å². The maximum absolute atomic E-state index is 13.6. The average molecular weight is 479 g/mol. The number of carbonyl (C=O) groups is 2. The van der Waals surface area contributed by atoms with Crippen LogP contribution in [0, 0.1) is 0 Å². The van der Waals surface area contributed by atoms with Gasteiger partial charge in [-0.3, -0.25) is 14.4 Å². The van der Waals surface area contributed by atoms with Gasteiger partial charge in [-0.05, 0) is 47.5 Å². The summed E-state index contributed by atoms with van der Waals surface area (Å²) in [6, 6.07) is -0.281. The predicted octanol–water partition coefficient (Wildman–Crippen LogP) is 4.13. The van der Waals surface area contributed by atoms with Gasteiger partial charge in [0.1, 0.15) is 11.7 Å². The summed E-state index contributed by atoms with van der Waals surface area (Å²) in [5.74, 6) is -0.108. The van der Waals surface area contributed by atoms with Crippen LogP contribution in [0.5, 0.6) is 0 Å². The minimum absolute atomic E-state index is 0.0722. The molecule has 9 heteroatoms. The van der Waals surface area contributed by atoms with E-state index >= 15 is 0 Å². The lowest BCUT2D eigenvalue weighted by Gasteiger charge is -2.36. The molecule has 2 aliphatic rings. The topological polar surface area (TPSA) is 86.1 Å². The second kappa shape index (κ2) is 11.1. The Morgan fingerprint density at radius 3 is 2.38 bits per heavy atom.